The van der Waals surface area contributed by atoms with E-state index in [0.29, 0.717) is 6.42 Å². The SMILES string of the molecule is CC(C)(C)C(=O)OC1CC(N)C(c2ccc3ccccc3c2)N1. The van der Waals surface area contributed by atoms with Gasteiger partial charge in [-0.3, -0.25) is 10.1 Å². The zero-order chi connectivity index (χ0) is 16.6. The van der Waals surface area contributed by atoms with Crippen LogP contribution >= 0.6 is 0 Å². The summed E-state index contributed by atoms with van der Waals surface area (Å²) in [7, 11) is 0. The van der Waals surface area contributed by atoms with Crippen LogP contribution in [-0.4, -0.2) is 18.2 Å². The molecule has 1 aliphatic rings. The number of ether oxygens (including phenoxy) is 1. The van der Waals surface area contributed by atoms with Gasteiger partial charge in [0.1, 0.15) is 0 Å². The zero-order valence-corrected chi connectivity index (χ0v) is 13.9. The molecule has 1 saturated heterocycles. The Morgan fingerprint density at radius 2 is 1.87 bits per heavy atom. The minimum atomic E-state index is -0.507. The van der Waals surface area contributed by atoms with Crippen molar-refractivity contribution >= 4 is 16.7 Å². The third kappa shape index (κ3) is 3.38. The summed E-state index contributed by atoms with van der Waals surface area (Å²) in [6, 6.07) is 14.5. The van der Waals surface area contributed by atoms with Crippen LogP contribution in [0.3, 0.4) is 0 Å². The minimum Gasteiger partial charge on any atom is -0.446 e. The Kier molecular flexibility index (Phi) is 4.13. The molecule has 23 heavy (non-hydrogen) atoms. The Bertz CT molecular complexity index is 721. The summed E-state index contributed by atoms with van der Waals surface area (Å²) in [5, 5.41) is 5.75. The van der Waals surface area contributed by atoms with Crippen LogP contribution in [0.25, 0.3) is 10.8 Å². The second kappa shape index (κ2) is 5.95. The Balaban J connectivity index is 1.76. The molecular formula is C19H24N2O2. The highest BCUT2D eigenvalue weighted by Gasteiger charge is 2.36. The number of nitrogens with one attached hydrogen (secondary N) is 1. The van der Waals surface area contributed by atoms with Crippen LogP contribution in [0.2, 0.25) is 0 Å². The number of rotatable bonds is 2. The molecule has 1 fully saturated rings. The van der Waals surface area contributed by atoms with Crippen LogP contribution in [0.4, 0.5) is 0 Å². The van der Waals surface area contributed by atoms with Gasteiger partial charge in [0.25, 0.3) is 0 Å². The molecule has 0 bridgehead atoms. The van der Waals surface area contributed by atoms with E-state index in [2.05, 4.69) is 35.6 Å². The average Bonchev–Trinajstić information content (AvgIpc) is 2.86. The number of carbonyl (C=O) groups excluding carboxylic acids is 1. The maximum Gasteiger partial charge on any atom is 0.312 e. The summed E-state index contributed by atoms with van der Waals surface area (Å²) < 4.78 is 5.56. The van der Waals surface area contributed by atoms with Crippen molar-refractivity contribution in [2.24, 2.45) is 11.1 Å². The fourth-order valence-corrected chi connectivity index (χ4v) is 2.91. The Labute approximate surface area is 137 Å². The zero-order valence-electron chi connectivity index (χ0n) is 13.9. The molecule has 3 atom stereocenters. The summed E-state index contributed by atoms with van der Waals surface area (Å²) >= 11 is 0. The smallest absolute Gasteiger partial charge is 0.312 e. The lowest BCUT2D eigenvalue weighted by atomic mass is 9.97. The highest BCUT2D eigenvalue weighted by Crippen LogP contribution is 2.29. The van der Waals surface area contributed by atoms with Gasteiger partial charge in [-0.25, -0.2) is 0 Å². The summed E-state index contributed by atoms with van der Waals surface area (Å²) in [4.78, 5) is 12.0. The standard InChI is InChI=1S/C19H24N2O2/c1-19(2,3)18(22)23-16-11-15(20)17(21-16)14-9-8-12-6-4-5-7-13(12)10-14/h4-10,15-17,21H,11,20H2,1-3H3. The second-order valence-corrected chi connectivity index (χ2v) is 7.29. The fourth-order valence-electron chi connectivity index (χ4n) is 2.91. The summed E-state index contributed by atoms with van der Waals surface area (Å²) in [5.41, 5.74) is 6.90. The number of benzene rings is 2. The first-order valence-corrected chi connectivity index (χ1v) is 8.06. The van der Waals surface area contributed by atoms with Gasteiger partial charge in [-0.1, -0.05) is 36.4 Å². The normalized spacial score (nSPS) is 24.8. The highest BCUT2D eigenvalue weighted by molar-refractivity contribution is 5.83. The molecule has 1 aliphatic heterocycles. The first kappa shape index (κ1) is 16.0. The van der Waals surface area contributed by atoms with Gasteiger partial charge in [-0.15, -0.1) is 0 Å². The second-order valence-electron chi connectivity index (χ2n) is 7.29. The van der Waals surface area contributed by atoms with E-state index in [0.717, 1.165) is 5.56 Å². The molecule has 3 rings (SSSR count). The van der Waals surface area contributed by atoms with E-state index in [9.17, 15) is 4.79 Å². The van der Waals surface area contributed by atoms with Gasteiger partial charge in [-0.2, -0.15) is 0 Å². The predicted molar refractivity (Wildman–Crippen MR) is 91.8 cm³/mol. The molecule has 3 unspecified atom stereocenters. The molecule has 122 valence electrons. The van der Waals surface area contributed by atoms with Crippen molar-refractivity contribution in [1.29, 1.82) is 0 Å². The number of hydrogen-bond donors (Lipinski definition) is 2. The van der Waals surface area contributed by atoms with Gasteiger partial charge in [0.2, 0.25) is 0 Å². The van der Waals surface area contributed by atoms with Gasteiger partial charge in [0.05, 0.1) is 11.5 Å². The number of esters is 1. The number of nitrogens with two attached hydrogens (primary N) is 1. The highest BCUT2D eigenvalue weighted by atomic mass is 16.6. The molecule has 3 N–H and O–H groups in total. The lowest BCUT2D eigenvalue weighted by Gasteiger charge is -2.21. The molecular weight excluding hydrogens is 288 g/mol. The molecule has 4 heteroatoms. The first-order valence-electron chi connectivity index (χ1n) is 8.06. The largest absolute Gasteiger partial charge is 0.446 e. The summed E-state index contributed by atoms with van der Waals surface area (Å²) in [6.07, 6.45) is 0.299. The van der Waals surface area contributed by atoms with E-state index >= 15 is 0 Å². The van der Waals surface area contributed by atoms with Crippen molar-refractivity contribution in [1.82, 2.24) is 5.32 Å². The molecule has 0 saturated carbocycles. The molecule has 0 aliphatic carbocycles. The van der Waals surface area contributed by atoms with Crippen molar-refractivity contribution in [3.05, 3.63) is 48.0 Å². The monoisotopic (exact) mass is 312 g/mol. The molecule has 1 heterocycles. The molecule has 0 radical (unpaired) electrons. The molecule has 0 aromatic heterocycles. The van der Waals surface area contributed by atoms with Gasteiger partial charge in [0.15, 0.2) is 6.23 Å². The van der Waals surface area contributed by atoms with Crippen LogP contribution in [-0.2, 0) is 9.53 Å². The minimum absolute atomic E-state index is 0.00243. The van der Waals surface area contributed by atoms with Gasteiger partial charge in [0, 0.05) is 12.5 Å². The number of hydrogen-bond acceptors (Lipinski definition) is 4. The van der Waals surface area contributed by atoms with E-state index in [4.69, 9.17) is 10.5 Å². The van der Waals surface area contributed by atoms with E-state index < -0.39 is 5.41 Å². The van der Waals surface area contributed by atoms with E-state index in [-0.39, 0.29) is 24.3 Å². The Morgan fingerprint density at radius 1 is 1.17 bits per heavy atom. The van der Waals surface area contributed by atoms with Gasteiger partial charge in [-0.05, 0) is 43.2 Å². The quantitative estimate of drug-likeness (QED) is 0.836. The topological polar surface area (TPSA) is 64.3 Å². The molecule has 4 nitrogen and oxygen atoms in total. The summed E-state index contributed by atoms with van der Waals surface area (Å²) in [5.74, 6) is -0.207. The fraction of sp³-hybridized carbons (Fsp3) is 0.421. The van der Waals surface area contributed by atoms with Crippen LogP contribution in [0.5, 0.6) is 0 Å². The average molecular weight is 312 g/mol. The van der Waals surface area contributed by atoms with Crippen LogP contribution in [0.1, 0.15) is 38.8 Å². The van der Waals surface area contributed by atoms with Crippen LogP contribution in [0.15, 0.2) is 42.5 Å². The van der Waals surface area contributed by atoms with Crippen molar-refractivity contribution in [3.63, 3.8) is 0 Å². The van der Waals surface area contributed by atoms with Crippen molar-refractivity contribution in [3.8, 4) is 0 Å². The van der Waals surface area contributed by atoms with Crippen molar-refractivity contribution in [2.75, 3.05) is 0 Å². The molecule has 0 spiro atoms. The third-order valence-electron chi connectivity index (χ3n) is 4.27. The van der Waals surface area contributed by atoms with Gasteiger partial charge >= 0.3 is 5.97 Å². The molecule has 2 aromatic carbocycles. The van der Waals surface area contributed by atoms with Crippen LogP contribution in [0, 0.1) is 5.41 Å². The first-order chi connectivity index (χ1) is 10.8. The summed E-state index contributed by atoms with van der Waals surface area (Å²) in [6.45, 7) is 5.56. The van der Waals surface area contributed by atoms with E-state index in [1.165, 1.54) is 10.8 Å². The van der Waals surface area contributed by atoms with Crippen molar-refractivity contribution in [2.45, 2.75) is 45.5 Å². The Morgan fingerprint density at radius 3 is 2.57 bits per heavy atom. The van der Waals surface area contributed by atoms with E-state index in [1.807, 2.05) is 32.9 Å². The Hall–Kier alpha value is -1.91. The van der Waals surface area contributed by atoms with Gasteiger partial charge < -0.3 is 10.5 Å². The van der Waals surface area contributed by atoms with E-state index in [1.54, 1.807) is 0 Å². The van der Waals surface area contributed by atoms with Crippen LogP contribution < -0.4 is 11.1 Å². The molecule has 0 amide bonds. The number of carbonyl (C=O) groups is 1. The maximum atomic E-state index is 12.0. The maximum absolute atomic E-state index is 12.0. The van der Waals surface area contributed by atoms with Crippen molar-refractivity contribution < 1.29 is 9.53 Å². The predicted octanol–water partition coefficient (Wildman–Crippen LogP) is 3.12. The number of fused-ring (bicyclic) bond motifs is 1. The lowest BCUT2D eigenvalue weighted by molar-refractivity contribution is -0.159. The molecule has 2 aromatic rings. The third-order valence-corrected chi connectivity index (χ3v) is 4.27. The lowest BCUT2D eigenvalue weighted by Crippen LogP contribution is -2.34.